The van der Waals surface area contributed by atoms with Gasteiger partial charge >= 0.3 is 0 Å². The minimum atomic E-state index is -2.88. The highest BCUT2D eigenvalue weighted by atomic mass is 35.5. The average molecular weight is 290 g/mol. The normalized spacial score (nSPS) is 20.7. The molecule has 0 radical (unpaired) electrons. The molecular weight excluding hydrogens is 274 g/mol. The maximum absolute atomic E-state index is 11.4. The van der Waals surface area contributed by atoms with Gasteiger partial charge in [0.25, 0.3) is 0 Å². The molecular formula is C12H16ClNO3S. The lowest BCUT2D eigenvalue weighted by molar-refractivity contribution is 0.199. The van der Waals surface area contributed by atoms with E-state index in [1.807, 2.05) is 17.0 Å². The second-order valence-electron chi connectivity index (χ2n) is 4.53. The van der Waals surface area contributed by atoms with E-state index in [9.17, 15) is 13.5 Å². The van der Waals surface area contributed by atoms with E-state index in [4.69, 9.17) is 11.6 Å². The van der Waals surface area contributed by atoms with Gasteiger partial charge in [-0.2, -0.15) is 0 Å². The summed E-state index contributed by atoms with van der Waals surface area (Å²) in [5, 5.41) is 10.0. The summed E-state index contributed by atoms with van der Waals surface area (Å²) >= 11 is 6.18. The monoisotopic (exact) mass is 289 g/mol. The van der Waals surface area contributed by atoms with Crippen LogP contribution in [0, 0.1) is 0 Å². The van der Waals surface area contributed by atoms with Gasteiger partial charge in [-0.25, -0.2) is 8.42 Å². The summed E-state index contributed by atoms with van der Waals surface area (Å²) in [6, 6.07) is 5.38. The summed E-state index contributed by atoms with van der Waals surface area (Å²) in [6.07, 6.45) is -0.557. The van der Waals surface area contributed by atoms with Crippen molar-refractivity contribution in [3.8, 4) is 0 Å². The molecule has 0 aliphatic carbocycles. The third-order valence-corrected chi connectivity index (χ3v) is 5.05. The zero-order chi connectivity index (χ0) is 13.3. The molecule has 1 N–H and O–H groups in total. The first-order valence-corrected chi connectivity index (χ1v) is 8.02. The van der Waals surface area contributed by atoms with Crippen LogP contribution in [-0.4, -0.2) is 38.1 Å². The van der Waals surface area contributed by atoms with Gasteiger partial charge in [0, 0.05) is 13.1 Å². The molecule has 0 amide bonds. The zero-order valence-corrected chi connectivity index (χ0v) is 11.7. The van der Waals surface area contributed by atoms with Gasteiger partial charge in [-0.05, 0) is 24.6 Å². The van der Waals surface area contributed by atoms with Crippen molar-refractivity contribution in [2.45, 2.75) is 13.0 Å². The fraction of sp³-hybridized carbons (Fsp3) is 0.500. The topological polar surface area (TPSA) is 57.6 Å². The predicted octanol–water partition coefficient (Wildman–Crippen LogP) is 1.63. The molecule has 4 nitrogen and oxygen atoms in total. The van der Waals surface area contributed by atoms with E-state index in [0.717, 1.165) is 11.3 Å². The summed E-state index contributed by atoms with van der Waals surface area (Å²) in [5.74, 6) is 0.336. The fourth-order valence-corrected chi connectivity index (χ4v) is 3.50. The molecule has 100 valence electrons. The van der Waals surface area contributed by atoms with E-state index in [1.54, 1.807) is 13.0 Å². The smallest absolute Gasteiger partial charge is 0.153 e. The second kappa shape index (κ2) is 5.07. The van der Waals surface area contributed by atoms with Crippen molar-refractivity contribution in [1.82, 2.24) is 0 Å². The molecule has 1 atom stereocenters. The third-order valence-electron chi connectivity index (χ3n) is 3.14. The first kappa shape index (κ1) is 13.6. The van der Waals surface area contributed by atoms with Gasteiger partial charge in [-0.1, -0.05) is 17.7 Å². The Labute approximate surface area is 112 Å². The van der Waals surface area contributed by atoms with E-state index in [-0.39, 0.29) is 11.5 Å². The number of anilines is 1. The number of nitrogens with zero attached hydrogens (tertiary/aromatic N) is 1. The molecule has 0 aromatic heterocycles. The second-order valence-corrected chi connectivity index (χ2v) is 7.24. The molecule has 0 saturated carbocycles. The van der Waals surface area contributed by atoms with Crippen LogP contribution < -0.4 is 4.90 Å². The number of rotatable bonds is 2. The standard InChI is InChI=1S/C12H16ClNO3S/c1-9(15)10-2-3-12(11(13)8-10)14-4-6-18(16,17)7-5-14/h2-3,8-9,15H,4-7H2,1H3. The van der Waals surface area contributed by atoms with Crippen molar-refractivity contribution in [1.29, 1.82) is 0 Å². The highest BCUT2D eigenvalue weighted by molar-refractivity contribution is 7.91. The minimum absolute atomic E-state index is 0.168. The minimum Gasteiger partial charge on any atom is -0.389 e. The van der Waals surface area contributed by atoms with Crippen LogP contribution >= 0.6 is 11.6 Å². The van der Waals surface area contributed by atoms with E-state index >= 15 is 0 Å². The highest BCUT2D eigenvalue weighted by Crippen LogP contribution is 2.29. The molecule has 1 aliphatic heterocycles. The lowest BCUT2D eigenvalue weighted by Crippen LogP contribution is -2.40. The summed E-state index contributed by atoms with van der Waals surface area (Å²) in [5.41, 5.74) is 1.59. The lowest BCUT2D eigenvalue weighted by Gasteiger charge is -2.29. The van der Waals surface area contributed by atoms with Gasteiger partial charge in [0.2, 0.25) is 0 Å². The first-order valence-electron chi connectivity index (χ1n) is 5.82. The molecule has 6 heteroatoms. The SMILES string of the molecule is CC(O)c1ccc(N2CCS(=O)(=O)CC2)c(Cl)c1. The molecule has 18 heavy (non-hydrogen) atoms. The number of halogens is 1. The quantitative estimate of drug-likeness (QED) is 0.899. The highest BCUT2D eigenvalue weighted by Gasteiger charge is 2.23. The van der Waals surface area contributed by atoms with Crippen LogP contribution in [0.5, 0.6) is 0 Å². The van der Waals surface area contributed by atoms with Gasteiger partial charge in [-0.15, -0.1) is 0 Å². The maximum atomic E-state index is 11.4. The van der Waals surface area contributed by atoms with Crippen molar-refractivity contribution in [3.63, 3.8) is 0 Å². The van der Waals surface area contributed by atoms with Crippen molar-refractivity contribution in [2.75, 3.05) is 29.5 Å². The number of aliphatic hydroxyl groups is 1. The Morgan fingerprint density at radius 3 is 2.44 bits per heavy atom. The van der Waals surface area contributed by atoms with Crippen molar-refractivity contribution < 1.29 is 13.5 Å². The molecule has 1 fully saturated rings. The van der Waals surface area contributed by atoms with Gasteiger partial charge in [0.05, 0.1) is 28.3 Å². The molecule has 0 spiro atoms. The molecule has 1 aromatic rings. The lowest BCUT2D eigenvalue weighted by atomic mass is 10.1. The molecule has 0 bridgehead atoms. The Balaban J connectivity index is 2.20. The Kier molecular flexibility index (Phi) is 3.84. The van der Waals surface area contributed by atoms with E-state index in [1.165, 1.54) is 0 Å². The maximum Gasteiger partial charge on any atom is 0.153 e. The van der Waals surface area contributed by atoms with Gasteiger partial charge < -0.3 is 10.0 Å². The van der Waals surface area contributed by atoms with Gasteiger partial charge in [0.1, 0.15) is 0 Å². The number of hydrogen-bond donors (Lipinski definition) is 1. The summed E-state index contributed by atoms with van der Waals surface area (Å²) in [6.45, 7) is 2.62. The summed E-state index contributed by atoms with van der Waals surface area (Å²) < 4.78 is 22.7. The van der Waals surface area contributed by atoms with Crippen molar-refractivity contribution in [3.05, 3.63) is 28.8 Å². The van der Waals surface area contributed by atoms with Crippen LogP contribution in [0.2, 0.25) is 5.02 Å². The first-order chi connectivity index (χ1) is 8.39. The predicted molar refractivity (Wildman–Crippen MR) is 73.0 cm³/mol. The summed E-state index contributed by atoms with van der Waals surface area (Å²) in [4.78, 5) is 1.97. The Morgan fingerprint density at radius 2 is 1.94 bits per heavy atom. The van der Waals surface area contributed by atoms with Crippen LogP contribution in [0.4, 0.5) is 5.69 Å². The Morgan fingerprint density at radius 1 is 1.33 bits per heavy atom. The fourth-order valence-electron chi connectivity index (χ4n) is 1.99. The van der Waals surface area contributed by atoms with Crippen LogP contribution in [0.15, 0.2) is 18.2 Å². The van der Waals surface area contributed by atoms with E-state index in [0.29, 0.717) is 18.1 Å². The van der Waals surface area contributed by atoms with Crippen LogP contribution in [-0.2, 0) is 9.84 Å². The molecule has 1 aliphatic rings. The molecule has 1 unspecified atom stereocenters. The van der Waals surface area contributed by atoms with Crippen molar-refractivity contribution in [2.24, 2.45) is 0 Å². The van der Waals surface area contributed by atoms with E-state index < -0.39 is 15.9 Å². The van der Waals surface area contributed by atoms with Crippen LogP contribution in [0.3, 0.4) is 0 Å². The van der Waals surface area contributed by atoms with Gasteiger partial charge in [0.15, 0.2) is 9.84 Å². The molecule has 1 aromatic carbocycles. The van der Waals surface area contributed by atoms with Crippen LogP contribution in [0.25, 0.3) is 0 Å². The number of benzene rings is 1. The Hall–Kier alpha value is -0.780. The molecule has 1 saturated heterocycles. The Bertz CT molecular complexity index is 528. The molecule has 1 heterocycles. The molecule has 2 rings (SSSR count). The third kappa shape index (κ3) is 2.96. The number of aliphatic hydroxyl groups excluding tert-OH is 1. The number of hydrogen-bond acceptors (Lipinski definition) is 4. The zero-order valence-electron chi connectivity index (χ0n) is 10.1. The van der Waals surface area contributed by atoms with Gasteiger partial charge in [-0.3, -0.25) is 0 Å². The van der Waals surface area contributed by atoms with E-state index in [2.05, 4.69) is 0 Å². The summed E-state index contributed by atoms with van der Waals surface area (Å²) in [7, 11) is -2.88. The number of sulfone groups is 1. The van der Waals surface area contributed by atoms with Crippen molar-refractivity contribution >= 4 is 27.1 Å². The largest absolute Gasteiger partial charge is 0.389 e. The average Bonchev–Trinajstić information content (AvgIpc) is 2.29. The van der Waals surface area contributed by atoms with Crippen LogP contribution in [0.1, 0.15) is 18.6 Å².